The largest absolute Gasteiger partial charge is 0.367 e. The van der Waals surface area contributed by atoms with Crippen LogP contribution in [0.2, 0.25) is 5.02 Å². The molecule has 0 saturated carbocycles. The van der Waals surface area contributed by atoms with Crippen LogP contribution >= 0.6 is 11.6 Å². The van der Waals surface area contributed by atoms with Gasteiger partial charge in [0.05, 0.1) is 0 Å². The molecule has 5 nitrogen and oxygen atoms in total. The highest BCUT2D eigenvalue weighted by atomic mass is 35.5. The summed E-state index contributed by atoms with van der Waals surface area (Å²) in [6.07, 6.45) is 4.89. The van der Waals surface area contributed by atoms with Gasteiger partial charge < -0.3 is 16.0 Å². The number of hydrogen-bond donors (Lipinski definition) is 2. The summed E-state index contributed by atoms with van der Waals surface area (Å²) in [6, 6.07) is 15.6. The Morgan fingerprint density at radius 1 is 1.00 bits per heavy atom. The number of pyridine rings is 1. The fourth-order valence-corrected chi connectivity index (χ4v) is 3.36. The Kier molecular flexibility index (Phi) is 4.79. The molecule has 0 bridgehead atoms. The smallest absolute Gasteiger partial charge is 0.225 e. The van der Waals surface area contributed by atoms with Crippen LogP contribution in [0, 0.1) is 0 Å². The van der Waals surface area contributed by atoms with E-state index in [4.69, 9.17) is 27.6 Å². The molecule has 2 aromatic heterocycles. The van der Waals surface area contributed by atoms with Crippen molar-refractivity contribution in [2.45, 2.75) is 18.9 Å². The second-order valence-electron chi connectivity index (χ2n) is 6.61. The van der Waals surface area contributed by atoms with E-state index >= 15 is 0 Å². The van der Waals surface area contributed by atoms with Crippen molar-refractivity contribution in [3.63, 3.8) is 0 Å². The minimum Gasteiger partial charge on any atom is -0.367 e. The molecular formula is C21H19ClN4O. The molecule has 4 aromatic rings. The number of anilines is 1. The first-order valence-corrected chi connectivity index (χ1v) is 9.06. The summed E-state index contributed by atoms with van der Waals surface area (Å²) in [5, 5.41) is 7.04. The molecule has 0 aliphatic rings. The first-order chi connectivity index (χ1) is 13.1. The van der Waals surface area contributed by atoms with Gasteiger partial charge in [0.15, 0.2) is 0 Å². The number of fused-ring (bicyclic) bond motifs is 1. The number of nitrogen functional groups attached to an aromatic ring is 1. The van der Waals surface area contributed by atoms with Crippen LogP contribution in [0.5, 0.6) is 0 Å². The molecule has 0 radical (unpaired) electrons. The molecule has 6 heteroatoms. The van der Waals surface area contributed by atoms with Gasteiger partial charge in [-0.1, -0.05) is 41.0 Å². The average molecular weight is 379 g/mol. The zero-order valence-corrected chi connectivity index (χ0v) is 15.4. The third-order valence-corrected chi connectivity index (χ3v) is 4.86. The van der Waals surface area contributed by atoms with Crippen LogP contribution < -0.4 is 11.5 Å². The molecule has 2 aromatic carbocycles. The minimum absolute atomic E-state index is 0.115. The molecular weight excluding hydrogens is 360 g/mol. The molecule has 2 heterocycles. The van der Waals surface area contributed by atoms with Crippen LogP contribution in [0.4, 0.5) is 5.88 Å². The lowest BCUT2D eigenvalue weighted by Gasteiger charge is -2.12. The average Bonchev–Trinajstić information content (AvgIpc) is 3.03. The Morgan fingerprint density at radius 2 is 1.81 bits per heavy atom. The second kappa shape index (κ2) is 7.39. The lowest BCUT2D eigenvalue weighted by atomic mass is 9.96. The fourth-order valence-electron chi connectivity index (χ4n) is 3.23. The summed E-state index contributed by atoms with van der Waals surface area (Å²) in [4.78, 5) is 4.14. The molecule has 0 aliphatic heterocycles. The second-order valence-corrected chi connectivity index (χ2v) is 7.04. The first-order valence-electron chi connectivity index (χ1n) is 8.68. The molecule has 27 heavy (non-hydrogen) atoms. The van der Waals surface area contributed by atoms with Crippen molar-refractivity contribution in [3.05, 3.63) is 77.1 Å². The number of hydrogen-bond acceptors (Lipinski definition) is 5. The van der Waals surface area contributed by atoms with Crippen LogP contribution in [0.3, 0.4) is 0 Å². The van der Waals surface area contributed by atoms with Crippen molar-refractivity contribution in [2.75, 3.05) is 5.73 Å². The summed E-state index contributed by atoms with van der Waals surface area (Å²) in [6.45, 7) is 0. The van der Waals surface area contributed by atoms with Crippen LogP contribution in [-0.4, -0.2) is 16.2 Å². The lowest BCUT2D eigenvalue weighted by molar-refractivity contribution is 0.438. The zero-order valence-electron chi connectivity index (χ0n) is 14.6. The Labute approximate surface area is 161 Å². The van der Waals surface area contributed by atoms with E-state index in [2.05, 4.69) is 16.2 Å². The van der Waals surface area contributed by atoms with E-state index in [1.807, 2.05) is 48.7 Å². The van der Waals surface area contributed by atoms with Crippen LogP contribution in [0.1, 0.15) is 11.1 Å². The molecule has 136 valence electrons. The number of rotatable bonds is 5. The van der Waals surface area contributed by atoms with E-state index < -0.39 is 0 Å². The summed E-state index contributed by atoms with van der Waals surface area (Å²) >= 11 is 5.94. The van der Waals surface area contributed by atoms with Gasteiger partial charge in [0.1, 0.15) is 5.69 Å². The van der Waals surface area contributed by atoms with Gasteiger partial charge in [-0.15, -0.1) is 0 Å². The van der Waals surface area contributed by atoms with Gasteiger partial charge in [-0.25, -0.2) is 0 Å². The van der Waals surface area contributed by atoms with E-state index in [1.165, 1.54) is 0 Å². The summed E-state index contributed by atoms with van der Waals surface area (Å²) in [5.74, 6) is 0.311. The molecule has 0 unspecified atom stereocenters. The molecule has 4 rings (SSSR count). The third-order valence-electron chi connectivity index (χ3n) is 4.61. The molecule has 0 amide bonds. The van der Waals surface area contributed by atoms with Gasteiger partial charge in [0.25, 0.3) is 0 Å². The lowest BCUT2D eigenvalue weighted by Crippen LogP contribution is -2.26. The summed E-state index contributed by atoms with van der Waals surface area (Å²) < 4.78 is 5.27. The van der Waals surface area contributed by atoms with E-state index in [0.29, 0.717) is 23.7 Å². The van der Waals surface area contributed by atoms with E-state index in [-0.39, 0.29) is 6.04 Å². The van der Waals surface area contributed by atoms with Gasteiger partial charge in [-0.3, -0.25) is 4.98 Å². The zero-order chi connectivity index (χ0) is 18.8. The molecule has 1 atom stereocenters. The highest BCUT2D eigenvalue weighted by molar-refractivity contribution is 6.30. The quantitative estimate of drug-likeness (QED) is 0.542. The maximum Gasteiger partial charge on any atom is 0.225 e. The number of aromatic nitrogens is 2. The predicted molar refractivity (Wildman–Crippen MR) is 108 cm³/mol. The van der Waals surface area contributed by atoms with Crippen LogP contribution in [-0.2, 0) is 12.8 Å². The first kappa shape index (κ1) is 17.5. The highest BCUT2D eigenvalue weighted by Crippen LogP contribution is 2.30. The molecule has 0 saturated heterocycles. The van der Waals surface area contributed by atoms with E-state index in [1.54, 1.807) is 6.20 Å². The maximum absolute atomic E-state index is 6.38. The number of nitrogens with two attached hydrogens (primary N) is 2. The number of nitrogens with zero attached hydrogens (tertiary/aromatic N) is 2. The van der Waals surface area contributed by atoms with Crippen molar-refractivity contribution >= 4 is 28.3 Å². The SMILES string of the molecule is Nc1onc(-c2ccc3cnccc3c2)c1C[C@@H](N)Cc1ccc(Cl)cc1. The molecule has 4 N–H and O–H groups in total. The third kappa shape index (κ3) is 3.79. The Balaban J connectivity index is 1.59. The van der Waals surface area contributed by atoms with Gasteiger partial charge in [-0.05, 0) is 48.1 Å². The van der Waals surface area contributed by atoms with Crippen molar-refractivity contribution in [1.82, 2.24) is 10.1 Å². The van der Waals surface area contributed by atoms with Crippen molar-refractivity contribution in [3.8, 4) is 11.3 Å². The van der Waals surface area contributed by atoms with Crippen LogP contribution in [0.25, 0.3) is 22.0 Å². The maximum atomic E-state index is 6.38. The summed E-state index contributed by atoms with van der Waals surface area (Å²) in [5.41, 5.74) is 16.1. The van der Waals surface area contributed by atoms with E-state index in [9.17, 15) is 0 Å². The van der Waals surface area contributed by atoms with Gasteiger partial charge in [0, 0.05) is 40.0 Å². The van der Waals surface area contributed by atoms with Crippen LogP contribution in [0.15, 0.2) is 65.4 Å². The van der Waals surface area contributed by atoms with Gasteiger partial charge in [0.2, 0.25) is 5.88 Å². The molecule has 0 spiro atoms. The van der Waals surface area contributed by atoms with Gasteiger partial charge in [-0.2, -0.15) is 0 Å². The Morgan fingerprint density at radius 3 is 2.63 bits per heavy atom. The Bertz CT molecular complexity index is 1080. The standard InChI is InChI=1S/C21H19ClN4O/c22-17-5-1-13(2-6-17)9-18(23)11-19-20(26-27-21(19)24)15-3-4-16-12-25-8-7-14(16)10-15/h1-8,10,12,18H,9,11,23-24H2/t18-/m0/s1. The van der Waals surface area contributed by atoms with E-state index in [0.717, 1.165) is 33.2 Å². The Hall–Kier alpha value is -2.89. The minimum atomic E-state index is -0.115. The highest BCUT2D eigenvalue weighted by Gasteiger charge is 2.19. The normalized spacial score (nSPS) is 12.4. The topological polar surface area (TPSA) is 91.0 Å². The van der Waals surface area contributed by atoms with Gasteiger partial charge >= 0.3 is 0 Å². The fraction of sp³-hybridized carbons (Fsp3) is 0.143. The molecule has 0 aliphatic carbocycles. The summed E-state index contributed by atoms with van der Waals surface area (Å²) in [7, 11) is 0. The monoisotopic (exact) mass is 378 g/mol. The predicted octanol–water partition coefficient (Wildman–Crippen LogP) is 4.24. The van der Waals surface area contributed by atoms with Crippen molar-refractivity contribution < 1.29 is 4.52 Å². The number of benzene rings is 2. The van der Waals surface area contributed by atoms with Crippen molar-refractivity contribution in [1.29, 1.82) is 0 Å². The molecule has 0 fully saturated rings. The van der Waals surface area contributed by atoms with Crippen molar-refractivity contribution in [2.24, 2.45) is 5.73 Å². The number of halogens is 1.